The molecule has 100 valence electrons. The molecule has 2 unspecified atom stereocenters. The molecule has 2 rings (SSSR count). The molecule has 1 aromatic rings. The van der Waals surface area contributed by atoms with Gasteiger partial charge in [0.25, 0.3) is 5.56 Å². The lowest BCUT2D eigenvalue weighted by atomic mass is 9.78. The van der Waals surface area contributed by atoms with Crippen molar-refractivity contribution in [2.45, 2.75) is 45.1 Å². The van der Waals surface area contributed by atoms with Crippen molar-refractivity contribution in [1.29, 1.82) is 0 Å². The molecule has 0 radical (unpaired) electrons. The minimum absolute atomic E-state index is 0.132. The van der Waals surface area contributed by atoms with Crippen LogP contribution in [-0.4, -0.2) is 17.1 Å². The lowest BCUT2D eigenvalue weighted by Crippen LogP contribution is -2.38. The molecule has 2 atom stereocenters. The van der Waals surface area contributed by atoms with Crippen molar-refractivity contribution in [3.63, 3.8) is 0 Å². The highest BCUT2D eigenvalue weighted by Gasteiger charge is 2.39. The molecule has 4 nitrogen and oxygen atoms in total. The van der Waals surface area contributed by atoms with E-state index < -0.39 is 5.60 Å². The summed E-state index contributed by atoms with van der Waals surface area (Å²) in [4.78, 5) is 19.2. The number of ether oxygens (including phenoxy) is 1. The third-order valence-corrected chi connectivity index (χ3v) is 4.74. The summed E-state index contributed by atoms with van der Waals surface area (Å²) in [6, 6.07) is 0. The van der Waals surface area contributed by atoms with E-state index in [1.54, 1.807) is 7.11 Å². The molecular formula is C13H19BrN2O2. The normalized spacial score (nSPS) is 28.3. The average molecular weight is 315 g/mol. The van der Waals surface area contributed by atoms with Crippen LogP contribution in [0.5, 0.6) is 0 Å². The number of hydrogen-bond donors (Lipinski definition) is 1. The fourth-order valence-electron chi connectivity index (χ4n) is 2.79. The molecule has 1 aliphatic carbocycles. The van der Waals surface area contributed by atoms with Crippen LogP contribution in [0.25, 0.3) is 0 Å². The maximum atomic E-state index is 11.8. The minimum atomic E-state index is -0.428. The Morgan fingerprint density at radius 1 is 1.56 bits per heavy atom. The molecule has 1 saturated carbocycles. The number of aromatic amines is 1. The molecule has 1 fully saturated rings. The zero-order valence-electron chi connectivity index (χ0n) is 11.0. The fourth-order valence-corrected chi connectivity index (χ4v) is 2.98. The summed E-state index contributed by atoms with van der Waals surface area (Å²) in [6.07, 6.45) is 4.14. The van der Waals surface area contributed by atoms with Crippen molar-refractivity contribution in [1.82, 2.24) is 9.97 Å². The maximum Gasteiger partial charge on any atom is 0.265 e. The Hall–Kier alpha value is -0.680. The number of nitrogens with one attached hydrogen (secondary N) is 1. The van der Waals surface area contributed by atoms with Crippen molar-refractivity contribution < 1.29 is 4.74 Å². The molecule has 18 heavy (non-hydrogen) atoms. The predicted molar refractivity (Wildman–Crippen MR) is 73.6 cm³/mol. The first kappa shape index (κ1) is 13.7. The number of nitrogens with zero attached hydrogens (tertiary/aromatic N) is 1. The van der Waals surface area contributed by atoms with Gasteiger partial charge in [0, 0.05) is 7.11 Å². The second-order valence-electron chi connectivity index (χ2n) is 5.21. The summed E-state index contributed by atoms with van der Waals surface area (Å²) >= 11 is 3.24. The molecule has 1 aromatic heterocycles. The third-order valence-electron chi connectivity index (χ3n) is 3.81. The number of hydrogen-bond acceptors (Lipinski definition) is 3. The van der Waals surface area contributed by atoms with Gasteiger partial charge in [-0.2, -0.15) is 0 Å². The second-order valence-corrected chi connectivity index (χ2v) is 6.01. The number of rotatable bonds is 2. The highest BCUT2D eigenvalue weighted by molar-refractivity contribution is 9.10. The number of aromatic nitrogens is 2. The monoisotopic (exact) mass is 314 g/mol. The summed E-state index contributed by atoms with van der Waals surface area (Å²) in [6.45, 7) is 4.05. The van der Waals surface area contributed by atoms with Crippen LogP contribution in [0, 0.1) is 12.8 Å². The molecule has 0 amide bonds. The van der Waals surface area contributed by atoms with Gasteiger partial charge < -0.3 is 9.72 Å². The van der Waals surface area contributed by atoms with E-state index in [1.807, 2.05) is 6.92 Å². The van der Waals surface area contributed by atoms with Gasteiger partial charge in [0.05, 0.1) is 5.69 Å². The molecule has 1 heterocycles. The van der Waals surface area contributed by atoms with E-state index in [4.69, 9.17) is 4.74 Å². The topological polar surface area (TPSA) is 55.0 Å². The van der Waals surface area contributed by atoms with E-state index in [9.17, 15) is 4.79 Å². The summed E-state index contributed by atoms with van der Waals surface area (Å²) in [5, 5.41) is 0. The maximum absolute atomic E-state index is 11.8. The summed E-state index contributed by atoms with van der Waals surface area (Å²) in [7, 11) is 1.70. The van der Waals surface area contributed by atoms with Crippen molar-refractivity contribution in [2.75, 3.05) is 7.11 Å². The fraction of sp³-hybridized carbons (Fsp3) is 0.692. The Morgan fingerprint density at radius 2 is 2.28 bits per heavy atom. The smallest absolute Gasteiger partial charge is 0.265 e. The van der Waals surface area contributed by atoms with E-state index >= 15 is 0 Å². The highest BCUT2D eigenvalue weighted by atomic mass is 79.9. The van der Waals surface area contributed by atoms with E-state index in [0.29, 0.717) is 21.9 Å². The van der Waals surface area contributed by atoms with Gasteiger partial charge in [0.15, 0.2) is 0 Å². The van der Waals surface area contributed by atoms with Crippen molar-refractivity contribution in [3.05, 3.63) is 26.3 Å². The van der Waals surface area contributed by atoms with Crippen LogP contribution in [0.15, 0.2) is 9.27 Å². The van der Waals surface area contributed by atoms with Crippen LogP contribution in [-0.2, 0) is 10.3 Å². The van der Waals surface area contributed by atoms with Crippen molar-refractivity contribution >= 4 is 15.9 Å². The molecule has 1 N–H and O–H groups in total. The zero-order chi connectivity index (χ0) is 13.3. The molecule has 5 heteroatoms. The van der Waals surface area contributed by atoms with Crippen LogP contribution in [0.4, 0.5) is 0 Å². The Labute approximate surface area is 115 Å². The number of H-pyrrole nitrogens is 1. The van der Waals surface area contributed by atoms with Gasteiger partial charge in [0.2, 0.25) is 0 Å². The van der Waals surface area contributed by atoms with Crippen LogP contribution in [0.3, 0.4) is 0 Å². The van der Waals surface area contributed by atoms with Gasteiger partial charge in [-0.15, -0.1) is 0 Å². The highest BCUT2D eigenvalue weighted by Crippen LogP contribution is 2.40. The quantitative estimate of drug-likeness (QED) is 0.913. The number of aryl methyl sites for hydroxylation is 1. The summed E-state index contributed by atoms with van der Waals surface area (Å²) in [5.74, 6) is 1.26. The molecule has 0 saturated heterocycles. The number of methoxy groups -OCH3 is 1. The van der Waals surface area contributed by atoms with Crippen LogP contribution < -0.4 is 5.56 Å². The first-order chi connectivity index (χ1) is 8.48. The van der Waals surface area contributed by atoms with E-state index in [-0.39, 0.29) is 5.56 Å². The summed E-state index contributed by atoms with van der Waals surface area (Å²) in [5.41, 5.74) is 0.151. The molecule has 0 spiro atoms. The average Bonchev–Trinajstić information content (AvgIpc) is 2.35. The van der Waals surface area contributed by atoms with E-state index in [1.165, 1.54) is 6.42 Å². The Bertz CT molecular complexity index is 500. The zero-order valence-corrected chi connectivity index (χ0v) is 12.6. The Kier molecular flexibility index (Phi) is 3.92. The van der Waals surface area contributed by atoms with Gasteiger partial charge in [-0.25, -0.2) is 4.98 Å². The van der Waals surface area contributed by atoms with Crippen LogP contribution >= 0.6 is 15.9 Å². The molecular weight excluding hydrogens is 296 g/mol. The molecule has 1 aliphatic rings. The van der Waals surface area contributed by atoms with Crippen molar-refractivity contribution in [3.8, 4) is 0 Å². The first-order valence-corrected chi connectivity index (χ1v) is 7.10. The third kappa shape index (κ3) is 2.38. The van der Waals surface area contributed by atoms with Gasteiger partial charge in [0.1, 0.15) is 15.9 Å². The Morgan fingerprint density at radius 3 is 2.83 bits per heavy atom. The second kappa shape index (κ2) is 5.13. The van der Waals surface area contributed by atoms with Gasteiger partial charge in [-0.1, -0.05) is 13.3 Å². The lowest BCUT2D eigenvalue weighted by molar-refractivity contribution is -0.0649. The van der Waals surface area contributed by atoms with Crippen molar-refractivity contribution in [2.24, 2.45) is 5.92 Å². The molecule has 0 aromatic carbocycles. The summed E-state index contributed by atoms with van der Waals surface area (Å²) < 4.78 is 6.24. The standard InChI is InChI=1S/C13H19BrN2O2/c1-8-5-4-6-13(7-8,18-3)12-15-9(2)10(14)11(17)16-12/h8H,4-7H2,1-3H3,(H,15,16,17). The molecule has 0 bridgehead atoms. The lowest BCUT2D eigenvalue weighted by Gasteiger charge is -2.38. The van der Waals surface area contributed by atoms with Crippen LogP contribution in [0.2, 0.25) is 0 Å². The Balaban J connectivity index is 2.47. The SMILES string of the molecule is COC1(c2nc(C)c(Br)c(=O)[nH]2)CCCC(C)C1. The largest absolute Gasteiger partial charge is 0.370 e. The van der Waals surface area contributed by atoms with Gasteiger partial charge in [-0.05, 0) is 48.0 Å². The van der Waals surface area contributed by atoms with E-state index in [0.717, 1.165) is 19.3 Å². The predicted octanol–water partition coefficient (Wildman–Crippen LogP) is 2.89. The van der Waals surface area contributed by atoms with Gasteiger partial charge >= 0.3 is 0 Å². The molecule has 0 aliphatic heterocycles. The van der Waals surface area contributed by atoms with Gasteiger partial charge in [-0.3, -0.25) is 4.79 Å². The van der Waals surface area contributed by atoms with E-state index in [2.05, 4.69) is 32.8 Å². The first-order valence-electron chi connectivity index (χ1n) is 6.30. The minimum Gasteiger partial charge on any atom is -0.370 e. The number of halogens is 1. The van der Waals surface area contributed by atoms with Crippen LogP contribution in [0.1, 0.15) is 44.1 Å².